The molecule has 0 atom stereocenters. The van der Waals surface area contributed by atoms with E-state index in [1.807, 2.05) is 19.1 Å². The summed E-state index contributed by atoms with van der Waals surface area (Å²) in [5.74, 6) is -0.395. The lowest BCUT2D eigenvalue weighted by atomic mass is 10.0. The Hall–Kier alpha value is -3.65. The van der Waals surface area contributed by atoms with Crippen molar-refractivity contribution in [3.63, 3.8) is 0 Å². The number of hydrogen-bond donors (Lipinski definition) is 2. The minimum atomic E-state index is -3.99. The summed E-state index contributed by atoms with van der Waals surface area (Å²) < 4.78 is 28.1. The first-order valence-electron chi connectivity index (χ1n) is 10.9. The van der Waals surface area contributed by atoms with Gasteiger partial charge in [0.05, 0.1) is 10.6 Å². The fourth-order valence-corrected chi connectivity index (χ4v) is 4.77. The summed E-state index contributed by atoms with van der Waals surface area (Å²) in [7, 11) is -3.99. The smallest absolute Gasteiger partial charge is 0.264 e. The topological polar surface area (TPSA) is 95.6 Å². The van der Waals surface area contributed by atoms with Gasteiger partial charge in [-0.2, -0.15) is 0 Å². The van der Waals surface area contributed by atoms with Crippen molar-refractivity contribution in [2.24, 2.45) is 0 Å². The molecule has 0 aliphatic heterocycles. The molecule has 0 saturated heterocycles. The van der Waals surface area contributed by atoms with Gasteiger partial charge in [-0.1, -0.05) is 43.7 Å². The number of hydrogen-bond acceptors (Lipinski definition) is 4. The Morgan fingerprint density at radius 3 is 1.85 bits per heavy atom. The highest BCUT2D eigenvalue weighted by molar-refractivity contribution is 7.92. The molecule has 0 unspecified atom stereocenters. The molecule has 0 fully saturated rings. The predicted molar refractivity (Wildman–Crippen MR) is 136 cm³/mol. The highest BCUT2D eigenvalue weighted by atomic mass is 32.2. The third-order valence-corrected chi connectivity index (χ3v) is 7.02. The van der Waals surface area contributed by atoms with E-state index in [1.165, 1.54) is 6.92 Å². The molecular weight excluding hydrogens is 450 g/mol. The summed E-state index contributed by atoms with van der Waals surface area (Å²) in [5, 5.41) is 5.38. The first-order valence-corrected chi connectivity index (χ1v) is 12.4. The quantitative estimate of drug-likeness (QED) is 0.480. The SMILES string of the molecule is CC(=O)Nc1ccc(NC(=O)CN(c2ccc(C(C)C)cc2)S(=O)(=O)c2ccc(C)cc2)cc1. The molecule has 3 aromatic rings. The number of nitrogens with zero attached hydrogens (tertiary/aromatic N) is 1. The van der Waals surface area contributed by atoms with Crippen LogP contribution in [-0.4, -0.2) is 26.8 Å². The summed E-state index contributed by atoms with van der Waals surface area (Å²) in [4.78, 5) is 24.2. The molecule has 7 nitrogen and oxygen atoms in total. The first-order chi connectivity index (χ1) is 16.1. The highest BCUT2D eigenvalue weighted by Crippen LogP contribution is 2.26. The van der Waals surface area contributed by atoms with E-state index in [4.69, 9.17) is 0 Å². The van der Waals surface area contributed by atoms with E-state index in [0.29, 0.717) is 23.0 Å². The highest BCUT2D eigenvalue weighted by Gasteiger charge is 2.27. The van der Waals surface area contributed by atoms with Gasteiger partial charge in [-0.15, -0.1) is 0 Å². The molecule has 0 bridgehead atoms. The molecule has 178 valence electrons. The zero-order valence-electron chi connectivity index (χ0n) is 19.7. The van der Waals surface area contributed by atoms with Crippen LogP contribution in [0.15, 0.2) is 77.7 Å². The Bertz CT molecular complexity index is 1250. The van der Waals surface area contributed by atoms with Crippen molar-refractivity contribution < 1.29 is 18.0 Å². The van der Waals surface area contributed by atoms with E-state index in [2.05, 4.69) is 24.5 Å². The maximum atomic E-state index is 13.5. The van der Waals surface area contributed by atoms with Crippen molar-refractivity contribution in [2.75, 3.05) is 21.5 Å². The van der Waals surface area contributed by atoms with E-state index < -0.39 is 22.5 Å². The minimum Gasteiger partial charge on any atom is -0.326 e. The number of rotatable bonds is 8. The Kier molecular flexibility index (Phi) is 7.73. The lowest BCUT2D eigenvalue weighted by Crippen LogP contribution is -2.38. The second-order valence-electron chi connectivity index (χ2n) is 8.38. The van der Waals surface area contributed by atoms with Gasteiger partial charge in [0.15, 0.2) is 0 Å². The molecule has 0 aromatic heterocycles. The summed E-state index contributed by atoms with van der Waals surface area (Å²) in [6.07, 6.45) is 0. The van der Waals surface area contributed by atoms with Gasteiger partial charge in [0.1, 0.15) is 6.54 Å². The molecule has 2 N–H and O–H groups in total. The van der Waals surface area contributed by atoms with Crippen molar-refractivity contribution in [3.05, 3.63) is 83.9 Å². The van der Waals surface area contributed by atoms with Crippen molar-refractivity contribution in [1.82, 2.24) is 0 Å². The minimum absolute atomic E-state index is 0.110. The zero-order valence-corrected chi connectivity index (χ0v) is 20.5. The number of aryl methyl sites for hydroxylation is 1. The lowest BCUT2D eigenvalue weighted by molar-refractivity contribution is -0.115. The Morgan fingerprint density at radius 1 is 0.824 bits per heavy atom. The van der Waals surface area contributed by atoms with E-state index in [0.717, 1.165) is 15.4 Å². The van der Waals surface area contributed by atoms with Gasteiger partial charge in [0.2, 0.25) is 11.8 Å². The van der Waals surface area contributed by atoms with Gasteiger partial charge in [-0.25, -0.2) is 8.42 Å². The average molecular weight is 480 g/mol. The Labute approximate surface area is 200 Å². The van der Waals surface area contributed by atoms with Gasteiger partial charge in [0, 0.05) is 18.3 Å². The van der Waals surface area contributed by atoms with Gasteiger partial charge >= 0.3 is 0 Å². The van der Waals surface area contributed by atoms with Crippen molar-refractivity contribution in [1.29, 1.82) is 0 Å². The van der Waals surface area contributed by atoms with Gasteiger partial charge in [-0.3, -0.25) is 13.9 Å². The largest absolute Gasteiger partial charge is 0.326 e. The van der Waals surface area contributed by atoms with Crippen LogP contribution in [0.3, 0.4) is 0 Å². The molecule has 3 aromatic carbocycles. The van der Waals surface area contributed by atoms with Crippen LogP contribution in [0, 0.1) is 6.92 Å². The Balaban J connectivity index is 1.88. The lowest BCUT2D eigenvalue weighted by Gasteiger charge is -2.24. The third kappa shape index (κ3) is 6.23. The van der Waals surface area contributed by atoms with Crippen LogP contribution in [0.1, 0.15) is 37.8 Å². The number of sulfonamides is 1. The molecule has 34 heavy (non-hydrogen) atoms. The van der Waals surface area contributed by atoms with Crippen LogP contribution in [0.2, 0.25) is 0 Å². The predicted octanol–water partition coefficient (Wildman–Crippen LogP) is 4.91. The van der Waals surface area contributed by atoms with E-state index in [1.54, 1.807) is 60.7 Å². The second kappa shape index (κ2) is 10.5. The van der Waals surface area contributed by atoms with Crippen LogP contribution in [0.25, 0.3) is 0 Å². The number of anilines is 3. The molecule has 0 aliphatic carbocycles. The normalized spacial score (nSPS) is 11.2. The maximum absolute atomic E-state index is 13.5. The van der Waals surface area contributed by atoms with Crippen LogP contribution in [0.4, 0.5) is 17.1 Å². The summed E-state index contributed by atoms with van der Waals surface area (Å²) in [6, 6.07) is 20.3. The number of carbonyl (C=O) groups is 2. The monoisotopic (exact) mass is 479 g/mol. The second-order valence-corrected chi connectivity index (χ2v) is 10.2. The summed E-state index contributed by atoms with van der Waals surface area (Å²) >= 11 is 0. The fraction of sp³-hybridized carbons (Fsp3) is 0.231. The zero-order chi connectivity index (χ0) is 24.9. The van der Waals surface area contributed by atoms with Crippen LogP contribution >= 0.6 is 0 Å². The molecule has 0 saturated carbocycles. The van der Waals surface area contributed by atoms with Crippen molar-refractivity contribution >= 4 is 38.9 Å². The van der Waals surface area contributed by atoms with Crippen LogP contribution in [0.5, 0.6) is 0 Å². The standard InChI is InChI=1S/C26H29N3O4S/c1-18(2)21-7-13-24(14-8-21)29(34(32,33)25-15-5-19(3)6-16-25)17-26(31)28-23-11-9-22(10-12-23)27-20(4)30/h5-16,18H,17H2,1-4H3,(H,27,30)(H,28,31). The molecule has 3 rings (SSSR count). The van der Waals surface area contributed by atoms with E-state index in [-0.39, 0.29) is 10.8 Å². The van der Waals surface area contributed by atoms with E-state index in [9.17, 15) is 18.0 Å². The Morgan fingerprint density at radius 2 is 1.35 bits per heavy atom. The molecule has 0 heterocycles. The van der Waals surface area contributed by atoms with Gasteiger partial charge < -0.3 is 10.6 Å². The molecular formula is C26H29N3O4S. The molecule has 2 amide bonds. The fourth-order valence-electron chi connectivity index (χ4n) is 3.35. The average Bonchev–Trinajstić information content (AvgIpc) is 2.79. The van der Waals surface area contributed by atoms with Crippen molar-refractivity contribution in [3.8, 4) is 0 Å². The molecule has 0 radical (unpaired) electrons. The van der Waals surface area contributed by atoms with E-state index >= 15 is 0 Å². The molecule has 0 aliphatic rings. The number of benzene rings is 3. The third-order valence-electron chi connectivity index (χ3n) is 5.23. The summed E-state index contributed by atoms with van der Waals surface area (Å²) in [6.45, 7) is 7.00. The number of nitrogens with one attached hydrogen (secondary N) is 2. The maximum Gasteiger partial charge on any atom is 0.264 e. The number of amides is 2. The number of carbonyl (C=O) groups excluding carboxylic acids is 2. The van der Waals surface area contributed by atoms with Crippen LogP contribution in [-0.2, 0) is 19.6 Å². The summed E-state index contributed by atoms with van der Waals surface area (Å²) in [5.41, 5.74) is 3.50. The molecule has 8 heteroatoms. The van der Waals surface area contributed by atoms with Crippen LogP contribution < -0.4 is 14.9 Å². The van der Waals surface area contributed by atoms with Gasteiger partial charge in [0.25, 0.3) is 10.0 Å². The van der Waals surface area contributed by atoms with Crippen molar-refractivity contribution in [2.45, 2.75) is 38.5 Å². The first kappa shape index (κ1) is 25.0. The van der Waals surface area contributed by atoms with Gasteiger partial charge in [-0.05, 0) is 66.9 Å². The molecule has 0 spiro atoms.